The van der Waals surface area contributed by atoms with Gasteiger partial charge in [-0.3, -0.25) is 14.6 Å². The molecule has 1 aromatic heterocycles. The number of nitrogens with one attached hydrogen (secondary N) is 1. The van der Waals surface area contributed by atoms with Crippen LogP contribution in [-0.4, -0.2) is 54.3 Å². The number of hydrogen-bond acceptors (Lipinski definition) is 5. The van der Waals surface area contributed by atoms with Crippen LogP contribution in [0.1, 0.15) is 91.3 Å². The molecule has 3 heterocycles. The Labute approximate surface area is 238 Å². The molecule has 6 nitrogen and oxygen atoms in total. The van der Waals surface area contributed by atoms with Crippen molar-refractivity contribution in [3.05, 3.63) is 70.2 Å². The predicted molar refractivity (Wildman–Crippen MR) is 158 cm³/mol. The van der Waals surface area contributed by atoms with Crippen LogP contribution in [-0.2, 0) is 11.2 Å². The van der Waals surface area contributed by atoms with Crippen LogP contribution in [0.4, 0.5) is 5.69 Å². The molecule has 6 rings (SSSR count). The fourth-order valence-corrected chi connectivity index (χ4v) is 7.23. The summed E-state index contributed by atoms with van der Waals surface area (Å²) in [6.45, 7) is 1.84. The SMILES string of the molecule is CN1CC(=O)C(CNC(=O)c2cc(C#Cc3ccncc3)cc3c2CCCN3C2CCCCC2)C2=C1CCCC2. The molecule has 1 fully saturated rings. The number of hydrogen-bond donors (Lipinski definition) is 1. The van der Waals surface area contributed by atoms with Gasteiger partial charge in [0.2, 0.25) is 0 Å². The van der Waals surface area contributed by atoms with Crippen LogP contribution < -0.4 is 10.2 Å². The lowest BCUT2D eigenvalue weighted by Crippen LogP contribution is -2.44. The number of nitrogens with zero attached hydrogens (tertiary/aromatic N) is 3. The highest BCUT2D eigenvalue weighted by Crippen LogP contribution is 2.37. The van der Waals surface area contributed by atoms with Crippen molar-refractivity contribution < 1.29 is 9.59 Å². The third-order valence-electron chi connectivity index (χ3n) is 9.26. The maximum absolute atomic E-state index is 13.9. The minimum absolute atomic E-state index is 0.0843. The Morgan fingerprint density at radius 2 is 1.75 bits per heavy atom. The number of ketones is 1. The molecule has 1 unspecified atom stereocenters. The summed E-state index contributed by atoms with van der Waals surface area (Å²) >= 11 is 0. The number of aromatic nitrogens is 1. The summed E-state index contributed by atoms with van der Waals surface area (Å²) in [4.78, 5) is 35.7. The average molecular weight is 537 g/mol. The van der Waals surface area contributed by atoms with E-state index in [1.807, 2.05) is 25.2 Å². The Hall–Kier alpha value is -3.59. The Balaban J connectivity index is 1.31. The van der Waals surface area contributed by atoms with Crippen LogP contribution in [0.2, 0.25) is 0 Å². The molecule has 0 bridgehead atoms. The molecule has 1 atom stereocenters. The van der Waals surface area contributed by atoms with Crippen LogP contribution in [0.3, 0.4) is 0 Å². The molecular formula is C34H40N4O2. The Bertz CT molecular complexity index is 1360. The average Bonchev–Trinajstić information content (AvgIpc) is 3.00. The second kappa shape index (κ2) is 11.9. The van der Waals surface area contributed by atoms with Crippen LogP contribution in [0.25, 0.3) is 0 Å². The minimum Gasteiger partial charge on any atom is -0.371 e. The van der Waals surface area contributed by atoms with Crippen LogP contribution in [0.15, 0.2) is 47.9 Å². The summed E-state index contributed by atoms with van der Waals surface area (Å²) in [6.07, 6.45) is 16.0. The number of fused-ring (bicyclic) bond motifs is 1. The number of carbonyl (C=O) groups is 2. The van der Waals surface area contributed by atoms with E-state index in [2.05, 4.69) is 38.0 Å². The van der Waals surface area contributed by atoms with Gasteiger partial charge in [-0.25, -0.2) is 0 Å². The highest BCUT2D eigenvalue weighted by Gasteiger charge is 2.34. The standard InChI is InChI=1S/C34H40N4O2/c1-37-23-33(39)30(28-10-5-6-12-31(28)37)22-36-34(40)29-20-25(14-13-24-15-17-35-18-16-24)21-32-27(29)11-7-19-38(32)26-8-3-2-4-9-26/h15-18,20-21,26,30H,2-12,19,22-23H2,1H3,(H,36,40). The monoisotopic (exact) mass is 536 g/mol. The third kappa shape index (κ3) is 5.52. The van der Waals surface area contributed by atoms with Crippen molar-refractivity contribution in [1.29, 1.82) is 0 Å². The van der Waals surface area contributed by atoms with Crippen molar-refractivity contribution in [1.82, 2.24) is 15.2 Å². The summed E-state index contributed by atoms with van der Waals surface area (Å²) in [6, 6.07) is 8.50. The van der Waals surface area contributed by atoms with E-state index in [0.717, 1.165) is 60.9 Å². The summed E-state index contributed by atoms with van der Waals surface area (Å²) in [5, 5.41) is 3.21. The molecular weight excluding hydrogens is 496 g/mol. The second-order valence-electron chi connectivity index (χ2n) is 11.9. The highest BCUT2D eigenvalue weighted by molar-refractivity contribution is 5.98. The molecule has 1 saturated carbocycles. The van der Waals surface area contributed by atoms with Crippen molar-refractivity contribution >= 4 is 17.4 Å². The van der Waals surface area contributed by atoms with Gasteiger partial charge in [-0.2, -0.15) is 0 Å². The first kappa shape index (κ1) is 26.6. The number of benzene rings is 1. The van der Waals surface area contributed by atoms with Gasteiger partial charge < -0.3 is 15.1 Å². The zero-order chi connectivity index (χ0) is 27.5. The first-order valence-corrected chi connectivity index (χ1v) is 15.2. The molecule has 2 aliphatic carbocycles. The highest BCUT2D eigenvalue weighted by atomic mass is 16.2. The van der Waals surface area contributed by atoms with Crippen LogP contribution in [0, 0.1) is 17.8 Å². The Kier molecular flexibility index (Phi) is 7.91. The number of pyridine rings is 1. The summed E-state index contributed by atoms with van der Waals surface area (Å²) in [5.41, 5.74) is 7.35. The van der Waals surface area contributed by atoms with Gasteiger partial charge in [-0.1, -0.05) is 31.1 Å². The zero-order valence-electron chi connectivity index (χ0n) is 23.7. The van der Waals surface area contributed by atoms with E-state index in [0.29, 0.717) is 19.1 Å². The van der Waals surface area contributed by atoms with Crippen molar-refractivity contribution in [3.63, 3.8) is 0 Å². The fourth-order valence-electron chi connectivity index (χ4n) is 7.23. The molecule has 6 heteroatoms. The Morgan fingerprint density at radius 1 is 0.975 bits per heavy atom. The molecule has 4 aliphatic rings. The number of amides is 1. The molecule has 1 aromatic carbocycles. The molecule has 0 radical (unpaired) electrons. The molecule has 1 N–H and O–H groups in total. The quantitative estimate of drug-likeness (QED) is 0.541. The summed E-state index contributed by atoms with van der Waals surface area (Å²) in [5.74, 6) is 6.51. The molecule has 40 heavy (non-hydrogen) atoms. The molecule has 0 spiro atoms. The van der Waals surface area contributed by atoms with Gasteiger partial charge in [0.15, 0.2) is 5.78 Å². The lowest BCUT2D eigenvalue weighted by molar-refractivity contribution is -0.123. The van der Waals surface area contributed by atoms with Gasteiger partial charge in [-0.05, 0) is 86.8 Å². The normalized spacial score (nSPS) is 21.3. The predicted octanol–water partition coefficient (Wildman–Crippen LogP) is 5.26. The van der Waals surface area contributed by atoms with Gasteiger partial charge in [0.05, 0.1) is 12.5 Å². The van der Waals surface area contributed by atoms with E-state index in [-0.39, 0.29) is 17.6 Å². The van der Waals surface area contributed by atoms with Crippen molar-refractivity contribution in [2.45, 2.75) is 76.7 Å². The van der Waals surface area contributed by atoms with Gasteiger partial charge in [0.25, 0.3) is 5.91 Å². The largest absolute Gasteiger partial charge is 0.371 e. The van der Waals surface area contributed by atoms with E-state index in [4.69, 9.17) is 0 Å². The number of carbonyl (C=O) groups excluding carboxylic acids is 2. The number of Topliss-reactive ketones (excluding diaryl/α,β-unsaturated/α-hetero) is 1. The summed E-state index contributed by atoms with van der Waals surface area (Å²) < 4.78 is 0. The van der Waals surface area contributed by atoms with Crippen LogP contribution in [0.5, 0.6) is 0 Å². The van der Waals surface area contributed by atoms with Gasteiger partial charge in [0, 0.05) is 66.6 Å². The minimum atomic E-state index is -0.209. The fraction of sp³-hybridized carbons (Fsp3) is 0.500. The van der Waals surface area contributed by atoms with E-state index >= 15 is 0 Å². The van der Waals surface area contributed by atoms with Crippen molar-refractivity contribution in [2.24, 2.45) is 5.92 Å². The van der Waals surface area contributed by atoms with Crippen molar-refractivity contribution in [3.8, 4) is 11.8 Å². The second-order valence-corrected chi connectivity index (χ2v) is 11.9. The van der Waals surface area contributed by atoms with E-state index < -0.39 is 0 Å². The first-order valence-electron chi connectivity index (χ1n) is 15.2. The maximum Gasteiger partial charge on any atom is 0.251 e. The van der Waals surface area contributed by atoms with Gasteiger partial charge >= 0.3 is 0 Å². The van der Waals surface area contributed by atoms with Gasteiger partial charge in [0.1, 0.15) is 0 Å². The molecule has 2 aliphatic heterocycles. The third-order valence-corrected chi connectivity index (χ3v) is 9.26. The number of rotatable bonds is 4. The Morgan fingerprint density at radius 3 is 2.58 bits per heavy atom. The van der Waals surface area contributed by atoms with E-state index in [1.54, 1.807) is 12.4 Å². The number of allylic oxidation sites excluding steroid dienone is 1. The molecule has 1 amide bonds. The van der Waals surface area contributed by atoms with E-state index in [9.17, 15) is 9.59 Å². The molecule has 0 saturated heterocycles. The lowest BCUT2D eigenvalue weighted by Gasteiger charge is -2.40. The van der Waals surface area contributed by atoms with Crippen molar-refractivity contribution in [2.75, 3.05) is 31.6 Å². The summed E-state index contributed by atoms with van der Waals surface area (Å²) in [7, 11) is 2.02. The van der Waals surface area contributed by atoms with E-state index in [1.165, 1.54) is 55.5 Å². The molecule has 2 aromatic rings. The molecule has 208 valence electrons. The smallest absolute Gasteiger partial charge is 0.251 e. The first-order chi connectivity index (χ1) is 19.6. The number of likely N-dealkylation sites (N-methyl/N-ethyl adjacent to an activating group) is 1. The number of anilines is 1. The maximum atomic E-state index is 13.9. The zero-order valence-corrected chi connectivity index (χ0v) is 23.7. The van der Waals surface area contributed by atoms with Gasteiger partial charge in [-0.15, -0.1) is 0 Å². The topological polar surface area (TPSA) is 65.5 Å². The van der Waals surface area contributed by atoms with Crippen LogP contribution >= 0.6 is 0 Å². The lowest BCUT2D eigenvalue weighted by atomic mass is 9.81.